The number of thiazole rings is 1. The summed E-state index contributed by atoms with van der Waals surface area (Å²) in [7, 11) is 1.26. The number of nitrogens with zero attached hydrogens (tertiary/aromatic N) is 3. The third-order valence-corrected chi connectivity index (χ3v) is 6.52. The van der Waals surface area contributed by atoms with E-state index in [1.54, 1.807) is 16.5 Å². The zero-order valence-corrected chi connectivity index (χ0v) is 19.1. The molecule has 12 heteroatoms. The maximum Gasteiger partial charge on any atom is 0.338 e. The van der Waals surface area contributed by atoms with Crippen molar-refractivity contribution in [3.63, 3.8) is 0 Å². The van der Waals surface area contributed by atoms with Gasteiger partial charge in [-0.25, -0.2) is 14.2 Å². The van der Waals surface area contributed by atoms with Crippen LogP contribution in [-0.2, 0) is 14.3 Å². The number of rotatable bonds is 6. The fraction of sp³-hybridized carbons (Fsp3) is 0.381. The van der Waals surface area contributed by atoms with Gasteiger partial charge in [0.05, 0.1) is 31.9 Å². The van der Waals surface area contributed by atoms with Gasteiger partial charge in [-0.1, -0.05) is 17.7 Å². The molecule has 3 N–H and O–H groups in total. The molecular formula is C21H22ClFN4O5S. The van der Waals surface area contributed by atoms with Gasteiger partial charge in [-0.2, -0.15) is 0 Å². The SMILES string of the molecule is COC(=O)C1=C(CN2CCOC[C@H]2C(O)O)NC(c2nccs2)=N[C@H]1c1ccc(F)cc1Cl. The molecule has 33 heavy (non-hydrogen) atoms. The Morgan fingerprint density at radius 1 is 1.48 bits per heavy atom. The van der Waals surface area contributed by atoms with Crippen LogP contribution in [0.15, 0.2) is 46.0 Å². The first kappa shape index (κ1) is 23.7. The molecule has 2 aliphatic heterocycles. The van der Waals surface area contributed by atoms with Crippen LogP contribution in [0.25, 0.3) is 0 Å². The predicted molar refractivity (Wildman–Crippen MR) is 119 cm³/mol. The second kappa shape index (κ2) is 10.2. The quantitative estimate of drug-likeness (QED) is 0.406. The standard InChI is InChI=1S/C21H22ClFN4O5S/c1-31-21(30)16-14(9-27-5-6-32-10-15(27)20(28)29)25-18(19-24-4-7-33-19)26-17(16)12-3-2-11(23)8-13(12)22/h2-4,7-8,15,17,20,28-29H,5-6,9-10H2,1H3,(H,25,26)/t15-,17-/m0/s1. The van der Waals surface area contributed by atoms with Crippen molar-refractivity contribution in [2.75, 3.05) is 33.4 Å². The lowest BCUT2D eigenvalue weighted by Crippen LogP contribution is -2.53. The lowest BCUT2D eigenvalue weighted by Gasteiger charge is -2.38. The minimum absolute atomic E-state index is 0.111. The molecule has 0 saturated carbocycles. The number of carbonyl (C=O) groups excluding carboxylic acids is 1. The molecule has 0 bridgehead atoms. The molecule has 1 aromatic heterocycles. The van der Waals surface area contributed by atoms with E-state index < -0.39 is 30.2 Å². The first-order valence-corrected chi connectivity index (χ1v) is 11.3. The van der Waals surface area contributed by atoms with Gasteiger partial charge in [0.1, 0.15) is 11.9 Å². The molecule has 0 radical (unpaired) electrons. The monoisotopic (exact) mass is 496 g/mol. The Morgan fingerprint density at radius 2 is 2.30 bits per heavy atom. The number of nitrogens with one attached hydrogen (secondary N) is 1. The van der Waals surface area contributed by atoms with Crippen molar-refractivity contribution in [1.82, 2.24) is 15.2 Å². The molecule has 0 amide bonds. The van der Waals surface area contributed by atoms with Gasteiger partial charge in [0.15, 0.2) is 17.1 Å². The van der Waals surface area contributed by atoms with Gasteiger partial charge in [-0.3, -0.25) is 9.89 Å². The van der Waals surface area contributed by atoms with Gasteiger partial charge in [0, 0.05) is 40.9 Å². The van der Waals surface area contributed by atoms with E-state index in [0.717, 1.165) is 6.07 Å². The van der Waals surface area contributed by atoms with E-state index in [2.05, 4.69) is 15.3 Å². The summed E-state index contributed by atoms with van der Waals surface area (Å²) in [5.41, 5.74) is 1.05. The topological polar surface area (TPSA) is 117 Å². The van der Waals surface area contributed by atoms with E-state index in [1.165, 1.54) is 30.6 Å². The Kier molecular flexibility index (Phi) is 7.37. The number of hydrogen-bond acceptors (Lipinski definition) is 10. The van der Waals surface area contributed by atoms with Gasteiger partial charge in [0.2, 0.25) is 0 Å². The molecule has 9 nitrogen and oxygen atoms in total. The van der Waals surface area contributed by atoms with Crippen LogP contribution in [0, 0.1) is 5.82 Å². The van der Waals surface area contributed by atoms with Crippen LogP contribution < -0.4 is 5.32 Å². The molecule has 4 rings (SSSR count). The van der Waals surface area contributed by atoms with E-state index in [-0.39, 0.29) is 23.7 Å². The molecule has 0 unspecified atom stereocenters. The van der Waals surface area contributed by atoms with Crippen LogP contribution in [0.2, 0.25) is 5.02 Å². The largest absolute Gasteiger partial charge is 0.466 e. The minimum atomic E-state index is -1.63. The summed E-state index contributed by atoms with van der Waals surface area (Å²) in [6.07, 6.45) is -0.00540. The van der Waals surface area contributed by atoms with E-state index in [9.17, 15) is 19.4 Å². The lowest BCUT2D eigenvalue weighted by atomic mass is 9.95. The average molecular weight is 497 g/mol. The highest BCUT2D eigenvalue weighted by Gasteiger charge is 2.36. The fourth-order valence-electron chi connectivity index (χ4n) is 3.80. The highest BCUT2D eigenvalue weighted by Crippen LogP contribution is 2.37. The number of esters is 1. The molecule has 1 aromatic carbocycles. The smallest absolute Gasteiger partial charge is 0.338 e. The van der Waals surface area contributed by atoms with Crippen molar-refractivity contribution in [2.24, 2.45) is 4.99 Å². The number of aliphatic hydroxyl groups is 2. The third kappa shape index (κ3) is 5.08. The summed E-state index contributed by atoms with van der Waals surface area (Å²) in [4.78, 5) is 23.7. The van der Waals surface area contributed by atoms with Gasteiger partial charge in [0.25, 0.3) is 0 Å². The Bertz CT molecular complexity index is 1080. The number of aliphatic imine (C=N–C) groups is 1. The van der Waals surface area contributed by atoms with Crippen molar-refractivity contribution in [2.45, 2.75) is 18.4 Å². The summed E-state index contributed by atoms with van der Waals surface area (Å²) < 4.78 is 24.2. The van der Waals surface area contributed by atoms with Crippen LogP contribution in [0.4, 0.5) is 4.39 Å². The normalized spacial score (nSPS) is 21.7. The fourth-order valence-corrected chi connectivity index (χ4v) is 4.66. The second-order valence-electron chi connectivity index (χ2n) is 7.42. The van der Waals surface area contributed by atoms with Crippen molar-refractivity contribution in [3.05, 3.63) is 62.5 Å². The zero-order chi connectivity index (χ0) is 23.5. The Hall–Kier alpha value is -2.41. The first-order chi connectivity index (χ1) is 15.9. The van der Waals surface area contributed by atoms with Crippen LogP contribution in [0.5, 0.6) is 0 Å². The summed E-state index contributed by atoms with van der Waals surface area (Å²) >= 11 is 7.70. The molecule has 2 aromatic rings. The van der Waals surface area contributed by atoms with Crippen molar-refractivity contribution in [3.8, 4) is 0 Å². The number of carbonyl (C=O) groups is 1. The third-order valence-electron chi connectivity index (χ3n) is 5.41. The maximum atomic E-state index is 13.7. The lowest BCUT2D eigenvalue weighted by molar-refractivity contribution is -0.141. The van der Waals surface area contributed by atoms with E-state index >= 15 is 0 Å². The number of aromatic nitrogens is 1. The molecule has 2 aliphatic rings. The number of morpholine rings is 1. The van der Waals surface area contributed by atoms with Gasteiger partial charge in [-0.15, -0.1) is 11.3 Å². The number of halogens is 2. The Morgan fingerprint density at radius 3 is 2.97 bits per heavy atom. The average Bonchev–Trinajstić information content (AvgIpc) is 3.33. The molecule has 3 heterocycles. The number of hydrogen-bond donors (Lipinski definition) is 3. The summed E-state index contributed by atoms with van der Waals surface area (Å²) in [6.45, 7) is 1.08. The second-order valence-corrected chi connectivity index (χ2v) is 8.72. The zero-order valence-electron chi connectivity index (χ0n) is 17.6. The number of ether oxygens (including phenoxy) is 2. The van der Waals surface area contributed by atoms with Gasteiger partial charge in [-0.05, 0) is 12.1 Å². The van der Waals surface area contributed by atoms with Crippen LogP contribution in [-0.4, -0.2) is 77.6 Å². The molecule has 1 saturated heterocycles. The van der Waals surface area contributed by atoms with Crippen LogP contribution >= 0.6 is 22.9 Å². The highest BCUT2D eigenvalue weighted by molar-refractivity contribution is 7.11. The van der Waals surface area contributed by atoms with Gasteiger partial charge < -0.3 is 25.0 Å². The van der Waals surface area contributed by atoms with E-state index in [4.69, 9.17) is 21.1 Å². The Labute approximate surface area is 198 Å². The molecule has 0 spiro atoms. The summed E-state index contributed by atoms with van der Waals surface area (Å²) in [5, 5.41) is 25.3. The molecule has 0 aliphatic carbocycles. The van der Waals surface area contributed by atoms with Gasteiger partial charge >= 0.3 is 5.97 Å². The number of aliphatic hydroxyl groups excluding tert-OH is 1. The Balaban J connectivity index is 1.82. The number of amidine groups is 1. The van der Waals surface area contributed by atoms with Crippen LogP contribution in [0.1, 0.15) is 16.6 Å². The number of methoxy groups -OCH3 is 1. The molecule has 1 fully saturated rings. The van der Waals surface area contributed by atoms with Crippen molar-refractivity contribution < 1.29 is 28.9 Å². The summed E-state index contributed by atoms with van der Waals surface area (Å²) in [6, 6.07) is 2.30. The van der Waals surface area contributed by atoms with E-state index in [1.807, 2.05) is 0 Å². The van der Waals surface area contributed by atoms with Crippen molar-refractivity contribution >= 4 is 34.7 Å². The summed E-state index contributed by atoms with van der Waals surface area (Å²) in [5.74, 6) is -0.745. The predicted octanol–water partition coefficient (Wildman–Crippen LogP) is 1.47. The highest BCUT2D eigenvalue weighted by atomic mass is 35.5. The van der Waals surface area contributed by atoms with Crippen LogP contribution in [0.3, 0.4) is 0 Å². The first-order valence-electron chi connectivity index (χ1n) is 10.1. The maximum absolute atomic E-state index is 13.7. The molecular weight excluding hydrogens is 475 g/mol. The molecule has 2 atom stereocenters. The molecule has 176 valence electrons. The van der Waals surface area contributed by atoms with E-state index in [0.29, 0.717) is 35.3 Å². The van der Waals surface area contributed by atoms with Crippen molar-refractivity contribution in [1.29, 1.82) is 0 Å². The minimum Gasteiger partial charge on any atom is -0.466 e. The number of benzene rings is 1.